The van der Waals surface area contributed by atoms with E-state index in [1.807, 2.05) is 0 Å². The monoisotopic (exact) mass is 304 g/mol. The Hall–Kier alpha value is -1.50. The van der Waals surface area contributed by atoms with Gasteiger partial charge in [-0.2, -0.15) is 0 Å². The Morgan fingerprint density at radius 2 is 1.30 bits per heavy atom. The van der Waals surface area contributed by atoms with Crippen molar-refractivity contribution in [1.29, 1.82) is 0 Å². The molecule has 0 aromatic heterocycles. The minimum Gasteiger partial charge on any atom is -0.0896 e. The summed E-state index contributed by atoms with van der Waals surface area (Å²) in [5.74, 6) is 0.437. The van der Waals surface area contributed by atoms with Gasteiger partial charge in [0.2, 0.25) is 0 Å². The second kappa shape index (κ2) is 6.19. The maximum absolute atomic E-state index is 6.58. The van der Waals surface area contributed by atoms with Gasteiger partial charge in [-0.15, -0.1) is 0 Å². The molecule has 0 aliphatic carbocycles. The molecule has 2 rings (SSSR count). The quantitative estimate of drug-likeness (QED) is 0.684. The molecule has 2 radical (unpaired) electrons. The highest BCUT2D eigenvalue weighted by atomic mass is 14.4. The number of benzene rings is 2. The molecular formula is C22H29B. The van der Waals surface area contributed by atoms with Gasteiger partial charge in [-0.25, -0.2) is 0 Å². The van der Waals surface area contributed by atoms with E-state index in [1.54, 1.807) is 0 Å². The van der Waals surface area contributed by atoms with Crippen LogP contribution in [0.5, 0.6) is 0 Å². The molecule has 0 nitrogen and oxygen atoms in total. The van der Waals surface area contributed by atoms with E-state index in [1.165, 1.54) is 22.3 Å². The molecule has 2 aromatic rings. The Morgan fingerprint density at radius 3 is 1.87 bits per heavy atom. The minimum atomic E-state index is -0.0753. The Bertz CT molecular complexity index is 693. The molecule has 0 saturated carbocycles. The van der Waals surface area contributed by atoms with Crippen LogP contribution < -0.4 is 5.46 Å². The number of hydrogen-bond acceptors (Lipinski definition) is 0. The highest BCUT2D eigenvalue weighted by molar-refractivity contribution is 6.34. The highest BCUT2D eigenvalue weighted by Crippen LogP contribution is 2.44. The summed E-state index contributed by atoms with van der Waals surface area (Å²) < 4.78 is 0. The summed E-state index contributed by atoms with van der Waals surface area (Å²) >= 11 is 0. The van der Waals surface area contributed by atoms with Crippen molar-refractivity contribution in [2.75, 3.05) is 0 Å². The third-order valence-electron chi connectivity index (χ3n) is 5.82. The molecule has 0 unspecified atom stereocenters. The van der Waals surface area contributed by atoms with Gasteiger partial charge in [0.15, 0.2) is 0 Å². The fraction of sp³-hybridized carbons (Fsp3) is 0.455. The summed E-state index contributed by atoms with van der Waals surface area (Å²) in [5.41, 5.74) is 6.07. The van der Waals surface area contributed by atoms with Crippen LogP contribution in [0.25, 0.3) is 0 Å². The second-order valence-corrected chi connectivity index (χ2v) is 8.03. The molecule has 23 heavy (non-hydrogen) atoms. The maximum atomic E-state index is 6.58. The lowest BCUT2D eigenvalue weighted by Gasteiger charge is -2.45. The van der Waals surface area contributed by atoms with Crippen LogP contribution in [0.3, 0.4) is 0 Å². The van der Waals surface area contributed by atoms with Crippen molar-refractivity contribution < 1.29 is 0 Å². The summed E-state index contributed by atoms with van der Waals surface area (Å²) in [6.07, 6.45) is 0. The lowest BCUT2D eigenvalue weighted by atomic mass is 9.57. The van der Waals surface area contributed by atoms with Crippen molar-refractivity contribution in [1.82, 2.24) is 0 Å². The van der Waals surface area contributed by atoms with Gasteiger partial charge < -0.3 is 0 Å². The fourth-order valence-corrected chi connectivity index (χ4v) is 3.58. The van der Waals surface area contributed by atoms with E-state index in [0.29, 0.717) is 5.92 Å². The topological polar surface area (TPSA) is 0 Å². The van der Waals surface area contributed by atoms with Crippen molar-refractivity contribution in [3.05, 3.63) is 64.7 Å². The molecule has 0 aliphatic rings. The number of hydrogen-bond donors (Lipinski definition) is 0. The third-order valence-corrected chi connectivity index (χ3v) is 5.82. The van der Waals surface area contributed by atoms with Crippen molar-refractivity contribution in [3.63, 3.8) is 0 Å². The fourth-order valence-electron chi connectivity index (χ4n) is 3.58. The minimum absolute atomic E-state index is 0.0257. The molecular weight excluding hydrogens is 275 g/mol. The summed E-state index contributed by atoms with van der Waals surface area (Å²) in [7, 11) is 6.58. The Morgan fingerprint density at radius 1 is 0.783 bits per heavy atom. The summed E-state index contributed by atoms with van der Waals surface area (Å²) in [4.78, 5) is 0. The first-order chi connectivity index (χ1) is 10.6. The van der Waals surface area contributed by atoms with Gasteiger partial charge in [0, 0.05) is 0 Å². The SMILES string of the molecule is [B]c1c(C(C)C)cccc1C(C)(C)C(C)(C)c1ccccc1C. The van der Waals surface area contributed by atoms with Gasteiger partial charge in [-0.3, -0.25) is 0 Å². The summed E-state index contributed by atoms with van der Waals surface area (Å²) in [6.45, 7) is 15.9. The van der Waals surface area contributed by atoms with Crippen LogP contribution >= 0.6 is 0 Å². The van der Waals surface area contributed by atoms with Gasteiger partial charge in [0.1, 0.15) is 7.85 Å². The molecule has 0 amide bonds. The molecule has 0 fully saturated rings. The van der Waals surface area contributed by atoms with E-state index in [4.69, 9.17) is 7.85 Å². The van der Waals surface area contributed by atoms with E-state index in [9.17, 15) is 0 Å². The van der Waals surface area contributed by atoms with Crippen molar-refractivity contribution in [2.45, 2.75) is 65.2 Å². The van der Waals surface area contributed by atoms with Crippen LogP contribution in [0.1, 0.15) is 69.7 Å². The average molecular weight is 304 g/mol. The van der Waals surface area contributed by atoms with Crippen LogP contribution in [-0.4, -0.2) is 7.85 Å². The molecule has 120 valence electrons. The molecule has 0 atom stereocenters. The van der Waals surface area contributed by atoms with Crippen LogP contribution in [0.2, 0.25) is 0 Å². The zero-order valence-corrected chi connectivity index (χ0v) is 15.7. The standard InChI is InChI=1S/C22H29B/c1-15(2)17-12-10-14-19(20(17)23)22(6,7)21(4,5)18-13-9-8-11-16(18)3/h8-15H,1-7H3. The van der Waals surface area contributed by atoms with Gasteiger partial charge in [-0.05, 0) is 40.4 Å². The number of rotatable bonds is 4. The first-order valence-corrected chi connectivity index (χ1v) is 8.55. The lowest BCUT2D eigenvalue weighted by Crippen LogP contribution is -2.44. The molecule has 0 saturated heterocycles. The predicted molar refractivity (Wildman–Crippen MR) is 103 cm³/mol. The zero-order chi connectivity index (χ0) is 17.4. The Labute approximate surface area is 143 Å². The van der Waals surface area contributed by atoms with Crippen LogP contribution in [0.15, 0.2) is 42.5 Å². The van der Waals surface area contributed by atoms with Crippen LogP contribution in [-0.2, 0) is 10.8 Å². The van der Waals surface area contributed by atoms with Crippen molar-refractivity contribution >= 4 is 13.3 Å². The highest BCUT2D eigenvalue weighted by Gasteiger charge is 2.41. The zero-order valence-electron chi connectivity index (χ0n) is 15.7. The molecule has 1 heteroatoms. The smallest absolute Gasteiger partial charge is 0.0896 e. The first-order valence-electron chi connectivity index (χ1n) is 8.55. The Kier molecular flexibility index (Phi) is 4.80. The molecule has 0 aliphatic heterocycles. The largest absolute Gasteiger partial charge is 0.114 e. The van der Waals surface area contributed by atoms with E-state index in [0.717, 1.165) is 5.46 Å². The van der Waals surface area contributed by atoms with E-state index in [2.05, 4.69) is 90.9 Å². The molecule has 0 heterocycles. The maximum Gasteiger partial charge on any atom is 0.114 e. The number of aryl methyl sites for hydroxylation is 1. The molecule has 0 bridgehead atoms. The Balaban J connectivity index is 2.62. The second-order valence-electron chi connectivity index (χ2n) is 8.03. The average Bonchev–Trinajstić information content (AvgIpc) is 2.47. The van der Waals surface area contributed by atoms with E-state index >= 15 is 0 Å². The predicted octanol–water partition coefficient (Wildman–Crippen LogP) is 5.17. The van der Waals surface area contributed by atoms with Crippen LogP contribution in [0, 0.1) is 6.92 Å². The first kappa shape index (κ1) is 17.9. The molecule has 0 N–H and O–H groups in total. The van der Waals surface area contributed by atoms with Crippen molar-refractivity contribution in [2.24, 2.45) is 0 Å². The molecule has 2 aromatic carbocycles. The third kappa shape index (κ3) is 2.98. The van der Waals surface area contributed by atoms with Gasteiger partial charge in [0.05, 0.1) is 0 Å². The lowest BCUT2D eigenvalue weighted by molar-refractivity contribution is 0.303. The van der Waals surface area contributed by atoms with Gasteiger partial charge in [0.25, 0.3) is 0 Å². The van der Waals surface area contributed by atoms with Crippen molar-refractivity contribution in [3.8, 4) is 0 Å². The summed E-state index contributed by atoms with van der Waals surface area (Å²) in [5, 5.41) is 0. The van der Waals surface area contributed by atoms with Crippen LogP contribution in [0.4, 0.5) is 0 Å². The van der Waals surface area contributed by atoms with E-state index in [-0.39, 0.29) is 10.8 Å². The normalized spacial score (nSPS) is 12.7. The van der Waals surface area contributed by atoms with E-state index < -0.39 is 0 Å². The molecule has 0 spiro atoms. The van der Waals surface area contributed by atoms with Gasteiger partial charge in [-0.1, -0.05) is 95.0 Å². The van der Waals surface area contributed by atoms with Gasteiger partial charge >= 0.3 is 0 Å². The summed E-state index contributed by atoms with van der Waals surface area (Å²) in [6, 6.07) is 15.2.